The Kier molecular flexibility index (Phi) is 9.21. The number of para-hydroxylation sites is 2. The van der Waals surface area contributed by atoms with Gasteiger partial charge in [-0.1, -0.05) is 182 Å². The third-order valence-electron chi connectivity index (χ3n) is 14.4. The van der Waals surface area contributed by atoms with Gasteiger partial charge >= 0.3 is 0 Å². The van der Waals surface area contributed by atoms with Crippen LogP contribution in [0.4, 0.5) is 17.1 Å². The Hall–Kier alpha value is -7.93. The second-order valence-electron chi connectivity index (χ2n) is 17.9. The normalized spacial score (nSPS) is 14.3. The zero-order valence-corrected chi connectivity index (χ0v) is 40.1. The number of hydrogen-bond acceptors (Lipinski definition) is 3. The molecule has 0 aliphatic carbocycles. The summed E-state index contributed by atoms with van der Waals surface area (Å²) >= 11 is 1.88. The van der Waals surface area contributed by atoms with Crippen LogP contribution in [0.2, 0.25) is 0 Å². The molecule has 1 aromatic heterocycles. The van der Waals surface area contributed by atoms with Gasteiger partial charge in [0.25, 0.3) is 0 Å². The standard InChI is InChI=1S/C64H43NOS2Si/c1-3-21-48(22-4-1)68(49-23-5-2-6-24-49)58-33-13-16-36-62(58)69(60-34-14-10-30-55(60)66-56-31-11-15-35-61(56)69)63-42-41-47(43-59(63)68)65(54-29-18-28-53-52-26-9-12-32-57(52)67-64(53)54)46-39-37-45(38-40-46)51-27-17-20-44-19-7-8-25-50(44)51/h1-43H. The van der Waals surface area contributed by atoms with E-state index >= 15 is 0 Å². The van der Waals surface area contributed by atoms with Gasteiger partial charge in [-0.05, 0) is 122 Å². The summed E-state index contributed by atoms with van der Waals surface area (Å²) in [6.07, 6.45) is 0. The molecule has 2 aliphatic heterocycles. The van der Waals surface area contributed by atoms with Gasteiger partial charge in [-0.25, -0.2) is 0 Å². The number of hydrogen-bond donors (Lipinski definition) is 0. The second kappa shape index (κ2) is 15.8. The number of benzene rings is 11. The third kappa shape index (κ3) is 5.85. The average Bonchev–Trinajstić information content (AvgIpc) is 3.81. The van der Waals surface area contributed by atoms with E-state index in [0.717, 1.165) is 28.6 Å². The molecule has 326 valence electrons. The van der Waals surface area contributed by atoms with Gasteiger partial charge in [0.1, 0.15) is 11.5 Å². The van der Waals surface area contributed by atoms with E-state index in [0.29, 0.717) is 0 Å². The number of rotatable bonds is 6. The molecule has 5 heteroatoms. The summed E-state index contributed by atoms with van der Waals surface area (Å²) in [5, 5.41) is 10.5. The lowest BCUT2D eigenvalue weighted by atomic mass is 9.98. The van der Waals surface area contributed by atoms with Gasteiger partial charge in [-0.2, -0.15) is 0 Å². The van der Waals surface area contributed by atoms with Crippen molar-refractivity contribution in [3.05, 3.63) is 261 Å². The molecular weight excluding hydrogens is 891 g/mol. The van der Waals surface area contributed by atoms with Crippen LogP contribution in [0.3, 0.4) is 0 Å². The maximum atomic E-state index is 6.90. The largest absolute Gasteiger partial charge is 0.458 e. The fourth-order valence-electron chi connectivity index (χ4n) is 11.6. The molecule has 0 radical (unpaired) electrons. The Labute approximate surface area is 408 Å². The van der Waals surface area contributed by atoms with Crippen LogP contribution in [0, 0.1) is 0 Å². The molecule has 0 saturated carbocycles. The minimum atomic E-state index is -3.08. The van der Waals surface area contributed by atoms with Gasteiger partial charge in [-0.3, -0.25) is 0 Å². The third-order valence-corrected chi connectivity index (χ3v) is 24.9. The van der Waals surface area contributed by atoms with E-state index in [9.17, 15) is 0 Å². The lowest BCUT2D eigenvalue weighted by Gasteiger charge is -2.53. The molecular formula is C64H43NOS2Si. The summed E-state index contributed by atoms with van der Waals surface area (Å²) in [5.74, 6) is 1.89. The van der Waals surface area contributed by atoms with E-state index in [4.69, 9.17) is 4.74 Å². The summed E-state index contributed by atoms with van der Waals surface area (Å²) in [4.78, 5) is 7.93. The Morgan fingerprint density at radius 3 is 1.68 bits per heavy atom. The van der Waals surface area contributed by atoms with Crippen molar-refractivity contribution in [2.45, 2.75) is 19.6 Å². The maximum absolute atomic E-state index is 6.90. The topological polar surface area (TPSA) is 12.5 Å². The molecule has 3 heterocycles. The molecule has 69 heavy (non-hydrogen) atoms. The SMILES string of the molecule is c1ccc(S2(c3ccccc3)c3ccccc3[Si]3(c4ccccc4Oc4ccccc43)c3ccc(N(c4ccc(-c5cccc6ccccc56)cc4)c4cccc5c4sc4ccccc45)cc32)cc1. The van der Waals surface area contributed by atoms with Gasteiger partial charge in [0.05, 0.1) is 10.4 Å². The molecule has 0 atom stereocenters. The average molecular weight is 934 g/mol. The van der Waals surface area contributed by atoms with Gasteiger partial charge in [0, 0.05) is 46.4 Å². The molecule has 0 bridgehead atoms. The van der Waals surface area contributed by atoms with Crippen LogP contribution in [0.5, 0.6) is 11.5 Å². The summed E-state index contributed by atoms with van der Waals surface area (Å²) in [5.41, 5.74) is 5.82. The van der Waals surface area contributed by atoms with Crippen LogP contribution in [0.25, 0.3) is 42.1 Å². The fraction of sp³-hybridized carbons (Fsp3) is 0. The first-order valence-electron chi connectivity index (χ1n) is 23.6. The minimum absolute atomic E-state index is 0.943. The molecule has 0 fully saturated rings. The molecule has 0 amide bonds. The zero-order valence-electron chi connectivity index (χ0n) is 37.5. The van der Waals surface area contributed by atoms with E-state index in [1.165, 1.54) is 82.4 Å². The highest BCUT2D eigenvalue weighted by atomic mass is 32.3. The van der Waals surface area contributed by atoms with Crippen molar-refractivity contribution in [1.29, 1.82) is 0 Å². The predicted molar refractivity (Wildman–Crippen MR) is 294 cm³/mol. The summed E-state index contributed by atoms with van der Waals surface area (Å²) < 4.78 is 9.45. The highest BCUT2D eigenvalue weighted by Crippen LogP contribution is 2.74. The van der Waals surface area contributed by atoms with E-state index in [2.05, 4.69) is 266 Å². The molecule has 0 N–H and O–H groups in total. The Bertz CT molecular complexity index is 3870. The molecule has 2 aliphatic rings. The van der Waals surface area contributed by atoms with Gasteiger partial charge in [0.15, 0.2) is 8.07 Å². The Morgan fingerprint density at radius 2 is 0.942 bits per heavy atom. The maximum Gasteiger partial charge on any atom is 0.190 e. The summed E-state index contributed by atoms with van der Waals surface area (Å²) in [6.45, 7) is 0. The highest BCUT2D eigenvalue weighted by molar-refractivity contribution is 8.34. The Morgan fingerprint density at radius 1 is 0.391 bits per heavy atom. The monoisotopic (exact) mass is 933 g/mol. The van der Waals surface area contributed by atoms with Gasteiger partial charge in [0.2, 0.25) is 0 Å². The fourth-order valence-corrected chi connectivity index (χ4v) is 23.7. The predicted octanol–water partition coefficient (Wildman–Crippen LogP) is 15.5. The molecule has 2 nitrogen and oxygen atoms in total. The lowest BCUT2D eigenvalue weighted by molar-refractivity contribution is 0.487. The first kappa shape index (κ1) is 40.2. The zero-order chi connectivity index (χ0) is 45.5. The van der Waals surface area contributed by atoms with Crippen molar-refractivity contribution in [3.63, 3.8) is 0 Å². The summed E-state index contributed by atoms with van der Waals surface area (Å²) in [6, 6.07) is 97.7. The van der Waals surface area contributed by atoms with Crippen LogP contribution in [-0.4, -0.2) is 8.07 Å². The molecule has 1 spiro atoms. The van der Waals surface area contributed by atoms with Crippen LogP contribution in [-0.2, 0) is 0 Å². The van der Waals surface area contributed by atoms with Crippen LogP contribution < -0.4 is 30.4 Å². The molecule has 0 saturated heterocycles. The number of fused-ring (bicyclic) bond motifs is 12. The number of ether oxygens (including phenoxy) is 1. The van der Waals surface area contributed by atoms with Crippen LogP contribution >= 0.6 is 21.4 Å². The van der Waals surface area contributed by atoms with Gasteiger partial charge in [-0.15, -0.1) is 21.4 Å². The highest BCUT2D eigenvalue weighted by Gasteiger charge is 2.56. The smallest absolute Gasteiger partial charge is 0.190 e. The van der Waals surface area contributed by atoms with Crippen molar-refractivity contribution >= 4 is 98.2 Å². The van der Waals surface area contributed by atoms with Crippen molar-refractivity contribution in [2.24, 2.45) is 0 Å². The summed E-state index contributed by atoms with van der Waals surface area (Å²) in [7, 11) is -5.21. The number of nitrogens with zero attached hydrogens (tertiary/aromatic N) is 1. The number of anilines is 3. The van der Waals surface area contributed by atoms with Gasteiger partial charge < -0.3 is 9.64 Å². The van der Waals surface area contributed by atoms with E-state index < -0.39 is 18.1 Å². The van der Waals surface area contributed by atoms with E-state index in [-0.39, 0.29) is 0 Å². The first-order chi connectivity index (χ1) is 34.2. The van der Waals surface area contributed by atoms with E-state index in [1.54, 1.807) is 0 Å². The molecule has 14 rings (SSSR count). The first-order valence-corrected chi connectivity index (χ1v) is 28.0. The minimum Gasteiger partial charge on any atom is -0.458 e. The van der Waals surface area contributed by atoms with Crippen molar-refractivity contribution in [3.8, 4) is 22.6 Å². The van der Waals surface area contributed by atoms with E-state index in [1.807, 2.05) is 11.3 Å². The van der Waals surface area contributed by atoms with Crippen molar-refractivity contribution in [2.75, 3.05) is 4.90 Å². The molecule has 12 aromatic rings. The Balaban J connectivity index is 1.10. The number of thiophene rings is 1. The lowest BCUT2D eigenvalue weighted by Crippen LogP contribution is -2.78. The van der Waals surface area contributed by atoms with Crippen LogP contribution in [0.15, 0.2) is 280 Å². The van der Waals surface area contributed by atoms with Crippen molar-refractivity contribution < 1.29 is 4.74 Å². The van der Waals surface area contributed by atoms with Crippen molar-refractivity contribution in [1.82, 2.24) is 0 Å². The van der Waals surface area contributed by atoms with Crippen LogP contribution in [0.1, 0.15) is 0 Å². The molecule has 11 aromatic carbocycles. The quantitative estimate of drug-likeness (QED) is 0.154. The second-order valence-corrected chi connectivity index (χ2v) is 25.7. The molecule has 0 unspecified atom stereocenters.